The summed E-state index contributed by atoms with van der Waals surface area (Å²) < 4.78 is 32.6. The van der Waals surface area contributed by atoms with E-state index in [1.807, 2.05) is 6.92 Å². The van der Waals surface area contributed by atoms with E-state index in [0.29, 0.717) is 42.8 Å². The number of morpholine rings is 1. The third-order valence-corrected chi connectivity index (χ3v) is 5.80. The smallest absolute Gasteiger partial charge is 0.252 e. The maximum Gasteiger partial charge on any atom is 0.252 e. The van der Waals surface area contributed by atoms with Crippen molar-refractivity contribution >= 4 is 17.8 Å². The van der Waals surface area contributed by atoms with E-state index in [1.54, 1.807) is 19.5 Å². The minimum absolute atomic E-state index is 0.165. The molecule has 1 fully saturated rings. The van der Waals surface area contributed by atoms with E-state index in [0.717, 1.165) is 23.2 Å². The quantitative estimate of drug-likeness (QED) is 0.620. The minimum atomic E-state index is -0.733. The fourth-order valence-corrected chi connectivity index (χ4v) is 4.12. The molecule has 0 bridgehead atoms. The number of pyridine rings is 1. The third-order valence-electron chi connectivity index (χ3n) is 5.80. The van der Waals surface area contributed by atoms with E-state index < -0.39 is 23.6 Å². The van der Waals surface area contributed by atoms with Crippen LogP contribution in [0.15, 0.2) is 23.0 Å². The highest BCUT2D eigenvalue weighted by molar-refractivity contribution is 5.79. The van der Waals surface area contributed by atoms with Crippen molar-refractivity contribution in [2.75, 3.05) is 26.3 Å². The SMILES string of the molecule is Cc1c(CC(=O)N[C@@H](C)c2ccc(F)cc2F)c(=O)[nH]c2c1=C(N1CCOCC1)N[CH]C=2. The van der Waals surface area contributed by atoms with Crippen molar-refractivity contribution in [1.29, 1.82) is 0 Å². The number of hydrogen-bond donors (Lipinski definition) is 3. The lowest BCUT2D eigenvalue weighted by Gasteiger charge is -2.32. The number of aromatic nitrogens is 1. The Labute approximate surface area is 183 Å². The first-order valence-electron chi connectivity index (χ1n) is 10.5. The molecule has 1 saturated heterocycles. The number of carbonyl (C=O) groups is 1. The molecule has 32 heavy (non-hydrogen) atoms. The van der Waals surface area contributed by atoms with Gasteiger partial charge in [0.1, 0.15) is 17.5 Å². The Kier molecular flexibility index (Phi) is 6.27. The van der Waals surface area contributed by atoms with Crippen molar-refractivity contribution in [3.63, 3.8) is 0 Å². The van der Waals surface area contributed by atoms with Crippen LogP contribution in [-0.4, -0.2) is 42.1 Å². The molecule has 3 N–H and O–H groups in total. The number of ether oxygens (including phenoxy) is 1. The molecule has 1 amide bonds. The van der Waals surface area contributed by atoms with Crippen LogP contribution in [-0.2, 0) is 16.0 Å². The van der Waals surface area contributed by atoms with Gasteiger partial charge in [0.2, 0.25) is 5.91 Å². The first-order valence-corrected chi connectivity index (χ1v) is 10.5. The first kappa shape index (κ1) is 22.0. The molecule has 9 heteroatoms. The number of amides is 1. The van der Waals surface area contributed by atoms with Gasteiger partial charge in [-0.1, -0.05) is 6.07 Å². The van der Waals surface area contributed by atoms with Crippen molar-refractivity contribution in [3.8, 4) is 0 Å². The minimum Gasteiger partial charge on any atom is -0.378 e. The van der Waals surface area contributed by atoms with Crippen LogP contribution < -0.4 is 26.8 Å². The Morgan fingerprint density at radius 3 is 2.75 bits per heavy atom. The van der Waals surface area contributed by atoms with E-state index in [-0.39, 0.29) is 17.5 Å². The Balaban J connectivity index is 1.63. The normalized spacial score (nSPS) is 16.6. The molecular formula is C23H25F2N4O3. The van der Waals surface area contributed by atoms with Crippen LogP contribution in [0.5, 0.6) is 0 Å². The fraction of sp³-hybridized carbons (Fsp3) is 0.348. The van der Waals surface area contributed by atoms with Gasteiger partial charge in [0, 0.05) is 35.5 Å². The number of H-pyrrole nitrogens is 1. The number of rotatable bonds is 5. The molecule has 1 radical (unpaired) electrons. The average Bonchev–Trinajstić information content (AvgIpc) is 2.76. The molecule has 169 valence electrons. The molecule has 1 atom stereocenters. The summed E-state index contributed by atoms with van der Waals surface area (Å²) in [5, 5.41) is 7.48. The van der Waals surface area contributed by atoms with Gasteiger partial charge in [-0.3, -0.25) is 9.59 Å². The second-order valence-electron chi connectivity index (χ2n) is 7.90. The standard InChI is InChI=1S/C23H25F2N4O3/c1-13-17(12-20(30)27-14(2)16-4-3-15(24)11-18(16)25)23(31)28-19-5-6-26-22(21(13)19)29-7-9-32-10-8-29/h3-6,11,14,26H,7-10,12H2,1-2H3,(H,27,30)(H,28,31)/t14-/m0/s1. The van der Waals surface area contributed by atoms with Crippen molar-refractivity contribution < 1.29 is 18.3 Å². The predicted octanol–water partition coefficient (Wildman–Crippen LogP) is 0.325. The molecule has 2 aliphatic rings. The third kappa shape index (κ3) is 4.38. The lowest BCUT2D eigenvalue weighted by Crippen LogP contribution is -2.51. The second kappa shape index (κ2) is 9.12. The number of nitrogens with one attached hydrogen (secondary N) is 3. The van der Waals surface area contributed by atoms with E-state index in [2.05, 4.69) is 20.5 Å². The Morgan fingerprint density at radius 2 is 2.03 bits per heavy atom. The van der Waals surface area contributed by atoms with Crippen LogP contribution in [0.4, 0.5) is 8.78 Å². The zero-order valence-electron chi connectivity index (χ0n) is 17.9. The Morgan fingerprint density at radius 1 is 1.28 bits per heavy atom. The number of hydrogen-bond acceptors (Lipinski definition) is 5. The van der Waals surface area contributed by atoms with Crippen LogP contribution in [0.3, 0.4) is 0 Å². The fourth-order valence-electron chi connectivity index (χ4n) is 4.12. The zero-order chi connectivity index (χ0) is 22.8. The van der Waals surface area contributed by atoms with Gasteiger partial charge in [-0.15, -0.1) is 0 Å². The van der Waals surface area contributed by atoms with E-state index >= 15 is 0 Å². The number of nitrogens with zero attached hydrogens (tertiary/aromatic N) is 1. The summed E-state index contributed by atoms with van der Waals surface area (Å²) >= 11 is 0. The number of fused-ring (bicyclic) bond motifs is 1. The van der Waals surface area contributed by atoms with Gasteiger partial charge in [-0.25, -0.2) is 8.78 Å². The molecule has 3 heterocycles. The van der Waals surface area contributed by atoms with Gasteiger partial charge in [-0.2, -0.15) is 0 Å². The first-order chi connectivity index (χ1) is 15.3. The van der Waals surface area contributed by atoms with Gasteiger partial charge in [0.25, 0.3) is 5.56 Å². The van der Waals surface area contributed by atoms with Crippen molar-refractivity contribution in [2.24, 2.45) is 0 Å². The van der Waals surface area contributed by atoms with Crippen LogP contribution >= 0.6 is 0 Å². The monoisotopic (exact) mass is 443 g/mol. The van der Waals surface area contributed by atoms with Crippen LogP contribution in [0, 0.1) is 25.1 Å². The topological polar surface area (TPSA) is 86.5 Å². The summed E-state index contributed by atoms with van der Waals surface area (Å²) in [6, 6.07) is 2.54. The Hall–Kier alpha value is -3.20. The van der Waals surface area contributed by atoms with Crippen molar-refractivity contribution in [2.45, 2.75) is 26.3 Å². The van der Waals surface area contributed by atoms with Gasteiger partial charge < -0.3 is 25.3 Å². The molecule has 0 saturated carbocycles. The summed E-state index contributed by atoms with van der Waals surface area (Å²) in [7, 11) is 0. The average molecular weight is 443 g/mol. The highest BCUT2D eigenvalue weighted by Gasteiger charge is 2.21. The second-order valence-corrected chi connectivity index (χ2v) is 7.90. The summed E-state index contributed by atoms with van der Waals surface area (Å²) in [5.74, 6) is -0.982. The lowest BCUT2D eigenvalue weighted by atomic mass is 10.0. The molecule has 1 aromatic heterocycles. The molecule has 4 rings (SSSR count). The maximum atomic E-state index is 14.0. The van der Waals surface area contributed by atoms with E-state index in [1.165, 1.54) is 6.07 Å². The van der Waals surface area contributed by atoms with Crippen molar-refractivity contribution in [1.82, 2.24) is 20.5 Å². The summed E-state index contributed by atoms with van der Waals surface area (Å²) in [6.45, 7) is 7.85. The highest BCUT2D eigenvalue weighted by Crippen LogP contribution is 2.18. The van der Waals surface area contributed by atoms with Crippen LogP contribution in [0.25, 0.3) is 11.9 Å². The molecule has 0 unspecified atom stereocenters. The van der Waals surface area contributed by atoms with Crippen LogP contribution in [0.1, 0.15) is 29.7 Å². The lowest BCUT2D eigenvalue weighted by molar-refractivity contribution is -0.121. The van der Waals surface area contributed by atoms with Crippen LogP contribution in [0.2, 0.25) is 0 Å². The molecule has 0 spiro atoms. The van der Waals surface area contributed by atoms with Gasteiger partial charge >= 0.3 is 0 Å². The molecule has 2 aliphatic heterocycles. The maximum absolute atomic E-state index is 14.0. The molecular weight excluding hydrogens is 418 g/mol. The molecule has 0 aliphatic carbocycles. The highest BCUT2D eigenvalue weighted by atomic mass is 19.1. The van der Waals surface area contributed by atoms with E-state index in [4.69, 9.17) is 4.74 Å². The Bertz CT molecular complexity index is 1220. The predicted molar refractivity (Wildman–Crippen MR) is 115 cm³/mol. The number of halogens is 2. The van der Waals surface area contributed by atoms with E-state index in [9.17, 15) is 18.4 Å². The molecule has 2 aromatic rings. The summed E-state index contributed by atoms with van der Waals surface area (Å²) in [6.07, 6.45) is 1.62. The number of benzene rings is 1. The zero-order valence-corrected chi connectivity index (χ0v) is 17.9. The molecule has 7 nitrogen and oxygen atoms in total. The number of aromatic amines is 1. The largest absolute Gasteiger partial charge is 0.378 e. The van der Waals surface area contributed by atoms with Crippen molar-refractivity contribution in [3.05, 3.63) is 74.0 Å². The summed E-state index contributed by atoms with van der Waals surface area (Å²) in [4.78, 5) is 30.5. The van der Waals surface area contributed by atoms with Gasteiger partial charge in [0.15, 0.2) is 0 Å². The van der Waals surface area contributed by atoms with Gasteiger partial charge in [-0.05, 0) is 31.6 Å². The summed E-state index contributed by atoms with van der Waals surface area (Å²) in [5.41, 5.74) is 0.881. The van der Waals surface area contributed by atoms with Gasteiger partial charge in [0.05, 0.1) is 37.6 Å². The molecule has 1 aromatic carbocycles. The number of carbonyl (C=O) groups excluding carboxylic acids is 1.